The minimum absolute atomic E-state index is 0.000647. The number of carbonyl (C=O) groups excluding carboxylic acids is 2. The monoisotopic (exact) mass is 414 g/mol. The van der Waals surface area contributed by atoms with Crippen molar-refractivity contribution >= 4 is 33.4 Å². The maximum atomic E-state index is 12.7. The van der Waals surface area contributed by atoms with Crippen LogP contribution >= 0.6 is 11.3 Å². The molecule has 3 aromatic rings. The minimum atomic E-state index is -0.420. The number of benzene rings is 1. The standard InChI is InChI=1S/C21H26N4O3S/c1-5-7-8-15-9-10-17-18(12-15)29-21(24(17)13-19(26)28-4)22-20(27)16-11-14(3)25(6-2)23-16/h9-12H,5-8,13H2,1-4H3. The summed E-state index contributed by atoms with van der Waals surface area (Å²) in [6.45, 7) is 6.72. The number of unbranched alkanes of at least 4 members (excludes halogenated alkanes) is 1. The summed E-state index contributed by atoms with van der Waals surface area (Å²) in [5, 5.41) is 4.31. The lowest BCUT2D eigenvalue weighted by atomic mass is 10.1. The molecule has 0 N–H and O–H groups in total. The number of methoxy groups -OCH3 is 1. The van der Waals surface area contributed by atoms with Crippen molar-refractivity contribution in [3.05, 3.63) is 46.0 Å². The molecule has 29 heavy (non-hydrogen) atoms. The van der Waals surface area contributed by atoms with E-state index >= 15 is 0 Å². The summed E-state index contributed by atoms with van der Waals surface area (Å²) in [6.07, 6.45) is 3.25. The van der Waals surface area contributed by atoms with Gasteiger partial charge in [-0.05, 0) is 50.5 Å². The predicted molar refractivity (Wildman–Crippen MR) is 113 cm³/mol. The van der Waals surface area contributed by atoms with Gasteiger partial charge in [-0.25, -0.2) is 0 Å². The molecule has 8 heteroatoms. The first-order valence-corrected chi connectivity index (χ1v) is 10.6. The lowest BCUT2D eigenvalue weighted by molar-refractivity contribution is -0.141. The van der Waals surface area contributed by atoms with Gasteiger partial charge in [-0.2, -0.15) is 10.1 Å². The van der Waals surface area contributed by atoms with E-state index in [1.807, 2.05) is 19.9 Å². The SMILES string of the molecule is CCCCc1ccc2c(c1)sc(=NC(=O)c1cc(C)n(CC)n1)n2CC(=O)OC. The molecule has 1 amide bonds. The Kier molecular flexibility index (Phi) is 6.64. The van der Waals surface area contributed by atoms with Crippen molar-refractivity contribution in [2.24, 2.45) is 4.99 Å². The largest absolute Gasteiger partial charge is 0.468 e. The van der Waals surface area contributed by atoms with Crippen LogP contribution in [0.4, 0.5) is 0 Å². The molecule has 2 heterocycles. The Morgan fingerprint density at radius 3 is 2.69 bits per heavy atom. The Morgan fingerprint density at radius 2 is 2.03 bits per heavy atom. The van der Waals surface area contributed by atoms with Crippen molar-refractivity contribution in [1.29, 1.82) is 0 Å². The quantitative estimate of drug-likeness (QED) is 0.555. The second-order valence-electron chi connectivity index (χ2n) is 6.86. The molecule has 0 atom stereocenters. The van der Waals surface area contributed by atoms with E-state index in [9.17, 15) is 9.59 Å². The molecule has 1 aromatic carbocycles. The molecule has 0 radical (unpaired) electrons. The van der Waals surface area contributed by atoms with Crippen molar-refractivity contribution in [3.8, 4) is 0 Å². The van der Waals surface area contributed by atoms with Gasteiger partial charge in [0.25, 0.3) is 5.91 Å². The molecule has 2 aromatic heterocycles. The van der Waals surface area contributed by atoms with E-state index in [2.05, 4.69) is 29.1 Å². The Labute approximate surface area is 173 Å². The van der Waals surface area contributed by atoms with Crippen molar-refractivity contribution in [3.63, 3.8) is 0 Å². The van der Waals surface area contributed by atoms with Crippen molar-refractivity contribution in [2.45, 2.75) is 53.1 Å². The highest BCUT2D eigenvalue weighted by Gasteiger charge is 2.15. The summed E-state index contributed by atoms with van der Waals surface area (Å²) in [6, 6.07) is 7.90. The van der Waals surface area contributed by atoms with Gasteiger partial charge in [0.15, 0.2) is 10.5 Å². The first-order chi connectivity index (χ1) is 14.0. The fourth-order valence-corrected chi connectivity index (χ4v) is 4.26. The number of fused-ring (bicyclic) bond motifs is 1. The van der Waals surface area contributed by atoms with Crippen LogP contribution in [0.25, 0.3) is 10.2 Å². The van der Waals surface area contributed by atoms with Gasteiger partial charge >= 0.3 is 5.97 Å². The molecule has 0 aliphatic carbocycles. The van der Waals surface area contributed by atoms with Crippen LogP contribution < -0.4 is 4.80 Å². The zero-order valence-electron chi connectivity index (χ0n) is 17.3. The molecule has 0 bridgehead atoms. The molecule has 0 aliphatic rings. The Bertz CT molecular complexity index is 1110. The number of ether oxygens (including phenoxy) is 1. The fraction of sp³-hybridized carbons (Fsp3) is 0.429. The first-order valence-electron chi connectivity index (χ1n) is 9.79. The molecular weight excluding hydrogens is 388 g/mol. The third-order valence-corrected chi connectivity index (χ3v) is 5.82. The van der Waals surface area contributed by atoms with Crippen molar-refractivity contribution in [2.75, 3.05) is 7.11 Å². The molecule has 0 fully saturated rings. The Balaban J connectivity index is 2.07. The average molecular weight is 415 g/mol. The molecule has 0 saturated carbocycles. The van der Waals surface area contributed by atoms with Crippen molar-refractivity contribution in [1.82, 2.24) is 14.3 Å². The lowest BCUT2D eigenvalue weighted by Gasteiger charge is -2.04. The van der Waals surface area contributed by atoms with E-state index in [0.717, 1.165) is 35.2 Å². The van der Waals surface area contributed by atoms with E-state index in [0.29, 0.717) is 17.0 Å². The van der Waals surface area contributed by atoms with E-state index in [1.54, 1.807) is 15.3 Å². The molecule has 154 valence electrons. The molecule has 7 nitrogen and oxygen atoms in total. The zero-order valence-corrected chi connectivity index (χ0v) is 18.1. The molecule has 3 rings (SSSR count). The number of aromatic nitrogens is 3. The number of amides is 1. The number of nitrogens with zero attached hydrogens (tertiary/aromatic N) is 4. The lowest BCUT2D eigenvalue weighted by Crippen LogP contribution is -2.22. The van der Waals surface area contributed by atoms with Crippen LogP contribution in [-0.2, 0) is 29.0 Å². The molecule has 0 aliphatic heterocycles. The smallest absolute Gasteiger partial charge is 0.325 e. The molecular formula is C21H26N4O3S. The van der Waals surface area contributed by atoms with Crippen LogP contribution in [0.5, 0.6) is 0 Å². The second-order valence-corrected chi connectivity index (χ2v) is 7.87. The summed E-state index contributed by atoms with van der Waals surface area (Å²) < 4.78 is 9.31. The second kappa shape index (κ2) is 9.17. The van der Waals surface area contributed by atoms with Crippen LogP contribution in [0, 0.1) is 6.92 Å². The molecule has 0 saturated heterocycles. The number of rotatable bonds is 7. The number of aryl methyl sites for hydroxylation is 3. The molecule has 0 spiro atoms. The number of hydrogen-bond acceptors (Lipinski definition) is 5. The summed E-state index contributed by atoms with van der Waals surface area (Å²) >= 11 is 1.40. The highest BCUT2D eigenvalue weighted by molar-refractivity contribution is 7.16. The maximum Gasteiger partial charge on any atom is 0.325 e. The fourth-order valence-electron chi connectivity index (χ4n) is 3.16. The Hall–Kier alpha value is -2.74. The minimum Gasteiger partial charge on any atom is -0.468 e. The van der Waals surface area contributed by atoms with Gasteiger partial charge in [-0.15, -0.1) is 0 Å². The van der Waals surface area contributed by atoms with Gasteiger partial charge in [-0.1, -0.05) is 30.7 Å². The first kappa shape index (κ1) is 21.0. The predicted octanol–water partition coefficient (Wildman–Crippen LogP) is 3.48. The third kappa shape index (κ3) is 4.64. The van der Waals surface area contributed by atoms with E-state index in [4.69, 9.17) is 4.74 Å². The normalized spacial score (nSPS) is 11.9. The number of esters is 1. The van der Waals surface area contributed by atoms with Gasteiger partial charge in [0.2, 0.25) is 0 Å². The summed E-state index contributed by atoms with van der Waals surface area (Å²) in [5.41, 5.74) is 3.31. The summed E-state index contributed by atoms with van der Waals surface area (Å²) in [5.74, 6) is -0.809. The average Bonchev–Trinajstić information content (AvgIpc) is 3.26. The zero-order chi connectivity index (χ0) is 21.0. The van der Waals surface area contributed by atoms with E-state index < -0.39 is 5.91 Å². The molecule has 0 unspecified atom stereocenters. The number of hydrogen-bond donors (Lipinski definition) is 0. The Morgan fingerprint density at radius 1 is 1.24 bits per heavy atom. The summed E-state index contributed by atoms with van der Waals surface area (Å²) in [7, 11) is 1.35. The van der Waals surface area contributed by atoms with E-state index in [1.165, 1.54) is 24.0 Å². The summed E-state index contributed by atoms with van der Waals surface area (Å²) in [4.78, 5) is 29.4. The van der Waals surface area contributed by atoms with Gasteiger partial charge in [0.05, 0.1) is 17.3 Å². The van der Waals surface area contributed by atoms with Gasteiger partial charge in [0.1, 0.15) is 6.54 Å². The number of thiazole rings is 1. The van der Waals surface area contributed by atoms with Crippen LogP contribution in [0.2, 0.25) is 0 Å². The van der Waals surface area contributed by atoms with Crippen LogP contribution in [0.1, 0.15) is 48.4 Å². The highest BCUT2D eigenvalue weighted by Crippen LogP contribution is 2.21. The topological polar surface area (TPSA) is 78.5 Å². The number of carbonyl (C=O) groups is 2. The van der Waals surface area contributed by atoms with Crippen LogP contribution in [-0.4, -0.2) is 33.3 Å². The van der Waals surface area contributed by atoms with E-state index in [-0.39, 0.29) is 12.5 Å². The van der Waals surface area contributed by atoms with Gasteiger partial charge < -0.3 is 9.30 Å². The van der Waals surface area contributed by atoms with Gasteiger partial charge in [-0.3, -0.25) is 14.3 Å². The highest BCUT2D eigenvalue weighted by atomic mass is 32.1. The van der Waals surface area contributed by atoms with Crippen LogP contribution in [0.3, 0.4) is 0 Å². The van der Waals surface area contributed by atoms with Gasteiger partial charge in [0, 0.05) is 12.2 Å². The van der Waals surface area contributed by atoms with Crippen molar-refractivity contribution < 1.29 is 14.3 Å². The van der Waals surface area contributed by atoms with Crippen LogP contribution in [0.15, 0.2) is 29.3 Å². The third-order valence-electron chi connectivity index (χ3n) is 4.78. The maximum absolute atomic E-state index is 12.7.